The first-order valence-electron chi connectivity index (χ1n) is 9.46. The largest absolute Gasteiger partial charge is 0.326 e. The van der Waals surface area contributed by atoms with Gasteiger partial charge < -0.3 is 15.5 Å². The van der Waals surface area contributed by atoms with Crippen molar-refractivity contribution in [2.75, 3.05) is 22.1 Å². The number of aromatic nitrogens is 2. The highest BCUT2D eigenvalue weighted by molar-refractivity contribution is 6.06. The number of carbonyl (C=O) groups excluding carboxylic acids is 2. The number of hydrogen-bond acceptors (Lipinski definition) is 5. The molecule has 0 saturated carbocycles. The van der Waals surface area contributed by atoms with E-state index in [1.165, 1.54) is 24.9 Å². The molecule has 2 amide bonds. The Hall–Kier alpha value is -3.74. The van der Waals surface area contributed by atoms with Crippen molar-refractivity contribution in [1.29, 1.82) is 0 Å². The highest BCUT2D eigenvalue weighted by atomic mass is 16.2. The summed E-state index contributed by atoms with van der Waals surface area (Å²) in [7, 11) is 0. The number of benzene rings is 2. The van der Waals surface area contributed by atoms with Crippen LogP contribution < -0.4 is 15.5 Å². The van der Waals surface area contributed by atoms with Crippen molar-refractivity contribution < 1.29 is 9.59 Å². The third-order valence-corrected chi connectivity index (χ3v) is 4.69. The quantitative estimate of drug-likeness (QED) is 0.712. The Balaban J connectivity index is 1.49. The van der Waals surface area contributed by atoms with Gasteiger partial charge in [-0.15, -0.1) is 0 Å². The van der Waals surface area contributed by atoms with E-state index in [1.807, 2.05) is 30.3 Å². The molecule has 1 aliphatic heterocycles. The minimum Gasteiger partial charge on any atom is -0.326 e. The Morgan fingerprint density at radius 3 is 2.55 bits per heavy atom. The lowest BCUT2D eigenvalue weighted by Crippen LogP contribution is -2.35. The summed E-state index contributed by atoms with van der Waals surface area (Å²) < 4.78 is 0. The summed E-state index contributed by atoms with van der Waals surface area (Å²) >= 11 is 0. The van der Waals surface area contributed by atoms with Gasteiger partial charge in [0.25, 0.3) is 5.91 Å². The lowest BCUT2D eigenvalue weighted by Gasteiger charge is -2.29. The Morgan fingerprint density at radius 2 is 1.76 bits per heavy atom. The summed E-state index contributed by atoms with van der Waals surface area (Å²) in [6, 6.07) is 15.2. The maximum atomic E-state index is 13.0. The minimum atomic E-state index is -0.138. The smallest absolute Gasteiger partial charge is 0.261 e. The molecule has 0 radical (unpaired) electrons. The normalized spacial score (nSPS) is 12.8. The Kier molecular flexibility index (Phi) is 5.20. The van der Waals surface area contributed by atoms with E-state index in [9.17, 15) is 9.59 Å². The van der Waals surface area contributed by atoms with Gasteiger partial charge in [0.05, 0.1) is 5.56 Å². The van der Waals surface area contributed by atoms with Gasteiger partial charge in [0.15, 0.2) is 0 Å². The van der Waals surface area contributed by atoms with Crippen LogP contribution in [0.25, 0.3) is 0 Å². The first kappa shape index (κ1) is 18.6. The summed E-state index contributed by atoms with van der Waals surface area (Å²) in [5, 5.41) is 5.81. The molecule has 0 spiro atoms. The van der Waals surface area contributed by atoms with Gasteiger partial charge in [0.1, 0.15) is 0 Å². The molecular weight excluding hydrogens is 366 g/mol. The van der Waals surface area contributed by atoms with Gasteiger partial charge in [-0.3, -0.25) is 9.59 Å². The van der Waals surface area contributed by atoms with Crippen molar-refractivity contribution in [1.82, 2.24) is 9.97 Å². The summed E-state index contributed by atoms with van der Waals surface area (Å²) in [6.07, 6.45) is 4.99. The molecule has 0 fully saturated rings. The number of carbonyl (C=O) groups is 2. The SMILES string of the molecule is CC(=O)Nc1cccc(Nc2ncc(C(=O)N3CCCc4ccccc43)cn2)c1. The van der Waals surface area contributed by atoms with Crippen LogP contribution in [0.5, 0.6) is 0 Å². The average Bonchev–Trinajstić information content (AvgIpc) is 2.73. The number of rotatable bonds is 4. The van der Waals surface area contributed by atoms with E-state index in [0.717, 1.165) is 24.2 Å². The van der Waals surface area contributed by atoms with Gasteiger partial charge in [-0.25, -0.2) is 9.97 Å². The number of para-hydroxylation sites is 1. The predicted octanol–water partition coefficient (Wildman–Crippen LogP) is 3.77. The molecule has 1 aromatic heterocycles. The molecule has 2 N–H and O–H groups in total. The Labute approximate surface area is 168 Å². The standard InChI is InChI=1S/C22H21N5O2/c1-15(28)25-18-8-4-9-19(12-18)26-22-23-13-17(14-24-22)21(29)27-11-5-7-16-6-2-3-10-20(16)27/h2-4,6,8-10,12-14H,5,7,11H2,1H3,(H,25,28)(H,23,24,26). The molecule has 0 saturated heterocycles. The van der Waals surface area contributed by atoms with E-state index in [1.54, 1.807) is 17.0 Å². The van der Waals surface area contributed by atoms with Gasteiger partial charge in [0, 0.05) is 42.9 Å². The van der Waals surface area contributed by atoms with Crippen LogP contribution in [-0.4, -0.2) is 28.3 Å². The van der Waals surface area contributed by atoms with Gasteiger partial charge in [-0.05, 0) is 42.7 Å². The molecule has 146 valence electrons. The van der Waals surface area contributed by atoms with Gasteiger partial charge in [-0.1, -0.05) is 24.3 Å². The van der Waals surface area contributed by atoms with Crippen LogP contribution in [0, 0.1) is 0 Å². The van der Waals surface area contributed by atoms with Crippen LogP contribution in [0.2, 0.25) is 0 Å². The second-order valence-corrected chi connectivity index (χ2v) is 6.87. The van der Waals surface area contributed by atoms with E-state index in [0.29, 0.717) is 23.7 Å². The molecule has 29 heavy (non-hydrogen) atoms. The predicted molar refractivity (Wildman–Crippen MR) is 112 cm³/mol. The third kappa shape index (κ3) is 4.24. The summed E-state index contributed by atoms with van der Waals surface area (Å²) in [6.45, 7) is 2.14. The fourth-order valence-electron chi connectivity index (χ4n) is 3.41. The van der Waals surface area contributed by atoms with Crippen LogP contribution >= 0.6 is 0 Å². The number of hydrogen-bond donors (Lipinski definition) is 2. The van der Waals surface area contributed by atoms with Gasteiger partial charge in [-0.2, -0.15) is 0 Å². The number of nitrogens with zero attached hydrogens (tertiary/aromatic N) is 3. The molecule has 3 aromatic rings. The molecule has 0 bridgehead atoms. The van der Waals surface area contributed by atoms with E-state index < -0.39 is 0 Å². The monoisotopic (exact) mass is 387 g/mol. The molecule has 0 atom stereocenters. The second-order valence-electron chi connectivity index (χ2n) is 6.87. The number of amides is 2. The molecule has 4 rings (SSSR count). The van der Waals surface area contributed by atoms with Crippen LogP contribution in [-0.2, 0) is 11.2 Å². The zero-order valence-corrected chi connectivity index (χ0v) is 16.1. The first-order chi connectivity index (χ1) is 14.1. The van der Waals surface area contributed by atoms with Crippen molar-refractivity contribution >= 4 is 34.8 Å². The van der Waals surface area contributed by atoms with Crippen molar-refractivity contribution in [2.45, 2.75) is 19.8 Å². The minimum absolute atomic E-state index is 0.101. The molecule has 0 aliphatic carbocycles. The van der Waals surface area contributed by atoms with Crippen LogP contribution in [0.1, 0.15) is 29.3 Å². The average molecular weight is 387 g/mol. The van der Waals surface area contributed by atoms with Gasteiger partial charge in [0.2, 0.25) is 11.9 Å². The molecule has 1 aliphatic rings. The van der Waals surface area contributed by atoms with E-state index in [2.05, 4.69) is 26.7 Å². The topological polar surface area (TPSA) is 87.2 Å². The molecule has 2 heterocycles. The lowest BCUT2D eigenvalue weighted by molar-refractivity contribution is -0.114. The molecule has 2 aromatic carbocycles. The molecule has 0 unspecified atom stereocenters. The second kappa shape index (κ2) is 8.10. The fraction of sp³-hybridized carbons (Fsp3) is 0.182. The number of fused-ring (bicyclic) bond motifs is 1. The number of aryl methyl sites for hydroxylation is 1. The van der Waals surface area contributed by atoms with E-state index >= 15 is 0 Å². The van der Waals surface area contributed by atoms with Crippen LogP contribution in [0.15, 0.2) is 60.9 Å². The van der Waals surface area contributed by atoms with Crippen LogP contribution in [0.3, 0.4) is 0 Å². The van der Waals surface area contributed by atoms with Crippen molar-refractivity contribution in [3.63, 3.8) is 0 Å². The maximum Gasteiger partial charge on any atom is 0.261 e. The zero-order valence-electron chi connectivity index (χ0n) is 16.1. The van der Waals surface area contributed by atoms with Crippen molar-refractivity contribution in [2.24, 2.45) is 0 Å². The Morgan fingerprint density at radius 1 is 1.00 bits per heavy atom. The summed E-state index contributed by atoms with van der Waals surface area (Å²) in [5.74, 6) is 0.137. The highest BCUT2D eigenvalue weighted by Crippen LogP contribution is 2.28. The van der Waals surface area contributed by atoms with Crippen molar-refractivity contribution in [3.05, 3.63) is 72.1 Å². The molecular formula is C22H21N5O2. The van der Waals surface area contributed by atoms with Crippen LogP contribution in [0.4, 0.5) is 23.0 Å². The Bertz CT molecular complexity index is 1050. The zero-order chi connectivity index (χ0) is 20.2. The van der Waals surface area contributed by atoms with Crippen molar-refractivity contribution in [3.8, 4) is 0 Å². The maximum absolute atomic E-state index is 13.0. The highest BCUT2D eigenvalue weighted by Gasteiger charge is 2.23. The lowest BCUT2D eigenvalue weighted by atomic mass is 10.0. The number of nitrogens with one attached hydrogen (secondary N) is 2. The summed E-state index contributed by atoms with van der Waals surface area (Å²) in [5.41, 5.74) is 4.00. The summed E-state index contributed by atoms with van der Waals surface area (Å²) in [4.78, 5) is 34.5. The first-order valence-corrected chi connectivity index (χ1v) is 9.46. The van der Waals surface area contributed by atoms with E-state index in [4.69, 9.17) is 0 Å². The molecule has 7 nitrogen and oxygen atoms in total. The molecule has 7 heteroatoms. The third-order valence-electron chi connectivity index (χ3n) is 4.69. The van der Waals surface area contributed by atoms with Gasteiger partial charge >= 0.3 is 0 Å². The van der Waals surface area contributed by atoms with E-state index in [-0.39, 0.29) is 11.8 Å². The number of anilines is 4. The fourth-order valence-corrected chi connectivity index (χ4v) is 3.41.